The molecule has 6 atom stereocenters. The lowest BCUT2D eigenvalue weighted by Gasteiger charge is -2.32. The van der Waals surface area contributed by atoms with Crippen molar-refractivity contribution in [1.29, 1.82) is 0 Å². The standard InChI is InChI=1S/C26H26BrF3N4O4S.C26H28BrF3N4O4S.C24H24BrF3N4O4S/c1-2-38-23(35)19-18(12-34-13-26(29,30)11-15(34)10-25(5-6-25)24(36)37)32-21(22-31-7-8-39-22)33-20(19)16-4-3-14(28)9-17(16)27;1-2-38-25(37)21-19(13-34-14-26(29,30)12-16(34)5-3-4-6-20(35)36)32-23(24-31-9-10-39-24)33-22(21)17-8-7-15(28)11-18(17)27;1-2-36-23(35)19-17(11-32-12-24(27,28)10-14(32)4-6-18(33)34)30-21(22-29-7-8-37-22)31-20(19)15-5-3-13(26)9-16(15)25/h3-4,7-9,15,20H,2,5-6,10-13H2,1H3,(H,32,33)(H,36,37);7-11,16,22H,2-6,12-14H2,1H3,(H,32,33)(H,35,36);3,5,7-9,14,20H,2,4,6,10-12H2,1H3,(H,30,31)(H,33,34)/t15-,20+;16-,22+;14-,20+/m111/s1. The molecule has 3 aromatic heterocycles. The molecule has 13 rings (SSSR count). The van der Waals surface area contributed by atoms with Crippen molar-refractivity contribution < 1.29 is 97.8 Å². The average molecular weight is 1860 g/mol. The number of carboxylic acids is 3. The second-order valence-corrected chi connectivity index (χ2v) is 33.3. The van der Waals surface area contributed by atoms with E-state index in [2.05, 4.69) is 78.7 Å². The first-order valence-corrected chi connectivity index (χ1v) is 41.5. The van der Waals surface area contributed by atoms with Crippen molar-refractivity contribution in [2.45, 2.75) is 152 Å². The highest BCUT2D eigenvalue weighted by Crippen LogP contribution is 2.53. The van der Waals surface area contributed by atoms with E-state index in [1.165, 1.54) is 98.4 Å². The number of hydrogen-bond acceptors (Lipinski definition) is 24. The number of carboxylic acid groups (broad SMARTS) is 3. The molecule has 616 valence electrons. The number of carbonyl (C=O) groups excluding carboxylic acids is 3. The number of unbranched alkanes of at least 4 members (excludes halogenated alkanes) is 1. The predicted octanol–water partition coefficient (Wildman–Crippen LogP) is 14.8. The van der Waals surface area contributed by atoms with Gasteiger partial charge >= 0.3 is 35.8 Å². The van der Waals surface area contributed by atoms with Crippen LogP contribution in [0, 0.1) is 22.9 Å². The number of benzene rings is 3. The van der Waals surface area contributed by atoms with Gasteiger partial charge in [-0.2, -0.15) is 0 Å². The molecule has 4 fully saturated rings. The van der Waals surface area contributed by atoms with Crippen molar-refractivity contribution in [3.8, 4) is 0 Å². The number of alkyl halides is 6. The Morgan fingerprint density at radius 2 is 0.817 bits per heavy atom. The number of hydrogen-bond donors (Lipinski definition) is 6. The topological polar surface area (TPSA) is 312 Å². The summed E-state index contributed by atoms with van der Waals surface area (Å²) in [5.41, 5.74) is 1.77. The number of nitrogens with one attached hydrogen (secondary N) is 3. The second kappa shape index (κ2) is 38.0. The van der Waals surface area contributed by atoms with Gasteiger partial charge < -0.3 is 45.5 Å². The zero-order valence-electron chi connectivity index (χ0n) is 61.8. The van der Waals surface area contributed by atoms with Gasteiger partial charge in [-0.25, -0.2) is 68.8 Å². The summed E-state index contributed by atoms with van der Waals surface area (Å²) >= 11 is 14.0. The highest BCUT2D eigenvalue weighted by molar-refractivity contribution is 9.11. The molecule has 39 heteroatoms. The molecule has 24 nitrogen and oxygen atoms in total. The van der Waals surface area contributed by atoms with E-state index in [0.29, 0.717) is 106 Å². The summed E-state index contributed by atoms with van der Waals surface area (Å²) in [7, 11) is 0. The Morgan fingerprint density at radius 1 is 0.487 bits per heavy atom. The van der Waals surface area contributed by atoms with E-state index < -0.39 is 145 Å². The van der Waals surface area contributed by atoms with Gasteiger partial charge in [-0.1, -0.05) is 72.4 Å². The molecule has 1 aliphatic carbocycles. The van der Waals surface area contributed by atoms with Crippen LogP contribution in [0.2, 0.25) is 0 Å². The highest BCUT2D eigenvalue weighted by Gasteiger charge is 2.56. The molecule has 0 bridgehead atoms. The van der Waals surface area contributed by atoms with E-state index in [0.717, 1.165) is 0 Å². The van der Waals surface area contributed by atoms with E-state index in [1.54, 1.807) is 60.4 Å². The number of aliphatic carboxylic acids is 3. The number of aliphatic imine (C=N–C) groups is 3. The van der Waals surface area contributed by atoms with E-state index in [-0.39, 0.29) is 94.0 Å². The summed E-state index contributed by atoms with van der Waals surface area (Å²) in [5.74, 6) is -14.4. The van der Waals surface area contributed by atoms with Crippen LogP contribution in [0.3, 0.4) is 0 Å². The molecule has 0 amide bonds. The molecular weight excluding hydrogens is 1780 g/mol. The molecule has 7 aliphatic rings. The Labute approximate surface area is 690 Å². The largest absolute Gasteiger partial charge is 0.481 e. The first-order chi connectivity index (χ1) is 54.7. The molecule has 0 radical (unpaired) electrons. The van der Waals surface area contributed by atoms with Crippen LogP contribution in [0.4, 0.5) is 39.5 Å². The fourth-order valence-corrected chi connectivity index (χ4v) is 18.0. The van der Waals surface area contributed by atoms with E-state index >= 15 is 0 Å². The molecule has 6 aromatic rings. The van der Waals surface area contributed by atoms with Gasteiger partial charge in [-0.15, -0.1) is 34.0 Å². The maximum absolute atomic E-state index is 14.7. The Bertz CT molecular complexity index is 4790. The fourth-order valence-electron chi connectivity index (χ4n) is 14.6. The summed E-state index contributed by atoms with van der Waals surface area (Å²) in [6, 6.07) is 7.35. The average Bonchev–Trinajstić information content (AvgIpc) is 1.71. The number of amidine groups is 3. The van der Waals surface area contributed by atoms with Crippen LogP contribution in [0.5, 0.6) is 0 Å². The Kier molecular flexibility index (Phi) is 28.9. The zero-order valence-corrected chi connectivity index (χ0v) is 69.0. The van der Waals surface area contributed by atoms with Gasteiger partial charge in [0.05, 0.1) is 61.6 Å². The van der Waals surface area contributed by atoms with Crippen molar-refractivity contribution in [2.24, 2.45) is 20.4 Å². The Hall–Kier alpha value is -8.31. The van der Waals surface area contributed by atoms with Crippen LogP contribution < -0.4 is 16.0 Å². The fraction of sp³-hybridized carbons (Fsp3) is 0.447. The number of nitrogens with zero attached hydrogens (tertiary/aromatic N) is 9. The third kappa shape index (κ3) is 22.1. The predicted molar refractivity (Wildman–Crippen MR) is 419 cm³/mol. The smallest absolute Gasteiger partial charge is 0.338 e. The van der Waals surface area contributed by atoms with E-state index in [4.69, 9.17) is 39.4 Å². The quantitative estimate of drug-likeness (QED) is 0.0110. The summed E-state index contributed by atoms with van der Waals surface area (Å²) in [4.78, 5) is 105. The lowest BCUT2D eigenvalue weighted by atomic mass is 9.93. The number of thiazole rings is 3. The molecule has 3 aromatic carbocycles. The summed E-state index contributed by atoms with van der Waals surface area (Å²) in [6.07, 6.45) is 5.49. The van der Waals surface area contributed by atoms with Gasteiger partial charge in [-0.3, -0.25) is 44.1 Å². The van der Waals surface area contributed by atoms with Crippen molar-refractivity contribution in [3.05, 3.63) is 186 Å². The lowest BCUT2D eigenvalue weighted by molar-refractivity contribution is -0.144. The summed E-state index contributed by atoms with van der Waals surface area (Å²) in [5, 5.41) is 43.9. The molecule has 6 aliphatic heterocycles. The number of carbonyl (C=O) groups is 6. The molecular formula is C76H78Br3F9N12O12S3. The minimum Gasteiger partial charge on any atom is -0.481 e. The normalized spacial score (nSPS) is 22.1. The SMILES string of the molecule is CCOC(=O)C1=C(CN2CC(F)(F)C[C@H]2CC2(C(=O)O)CC2)NC(c2nccs2)=N[C@H]1c1ccc(F)cc1Br.CCOC(=O)C1=C(CN2CC(F)(F)C[C@H]2CCC(=O)O)NC(c2nccs2)=N[C@H]1c1ccc(F)cc1Br.CCOC(=O)C1=C(CN2CC(F)(F)C[C@H]2CCCCC(=O)O)NC(c2nccs2)=N[C@H]1c1ccc(F)cc1Br. The molecule has 9 heterocycles. The molecule has 0 spiro atoms. The third-order valence-corrected chi connectivity index (χ3v) is 24.3. The highest BCUT2D eigenvalue weighted by atomic mass is 79.9. The maximum atomic E-state index is 14.7. The molecule has 115 heavy (non-hydrogen) atoms. The maximum Gasteiger partial charge on any atom is 0.338 e. The van der Waals surface area contributed by atoms with Crippen LogP contribution in [0.15, 0.2) is 152 Å². The minimum atomic E-state index is -3.01. The van der Waals surface area contributed by atoms with E-state index in [1.807, 2.05) is 0 Å². The van der Waals surface area contributed by atoms with Crippen LogP contribution in [-0.4, -0.2) is 193 Å². The van der Waals surface area contributed by atoms with E-state index in [9.17, 15) is 73.4 Å². The minimum absolute atomic E-state index is 0.0208. The van der Waals surface area contributed by atoms with Gasteiger partial charge in [-0.05, 0) is 112 Å². The first kappa shape index (κ1) is 87.5. The third-order valence-electron chi connectivity index (χ3n) is 19.9. The molecule has 1 saturated carbocycles. The number of halogens is 12. The number of ether oxygens (including phenoxy) is 3. The number of rotatable bonds is 29. The van der Waals surface area contributed by atoms with Crippen LogP contribution >= 0.6 is 81.8 Å². The molecule has 6 N–H and O–H groups in total. The first-order valence-electron chi connectivity index (χ1n) is 36.5. The lowest BCUT2D eigenvalue weighted by Crippen LogP contribution is -2.42. The number of aromatic nitrogens is 3. The van der Waals surface area contributed by atoms with Crippen molar-refractivity contribution in [2.75, 3.05) is 59.1 Å². The summed E-state index contributed by atoms with van der Waals surface area (Å²) < 4.78 is 146. The Morgan fingerprint density at radius 3 is 1.11 bits per heavy atom. The summed E-state index contributed by atoms with van der Waals surface area (Å²) in [6.45, 7) is 3.29. The molecule has 3 saturated heterocycles. The monoisotopic (exact) mass is 1850 g/mol. The van der Waals surface area contributed by atoms with Crippen LogP contribution in [0.1, 0.15) is 148 Å². The number of likely N-dealkylation sites (tertiary alicyclic amines) is 3. The molecule has 0 unspecified atom stereocenters. The van der Waals surface area contributed by atoms with Crippen molar-refractivity contribution in [1.82, 2.24) is 45.6 Å². The van der Waals surface area contributed by atoms with Gasteiger partial charge in [0.25, 0.3) is 17.8 Å². The zero-order chi connectivity index (χ0) is 82.8. The van der Waals surface area contributed by atoms with Crippen molar-refractivity contribution >= 4 is 135 Å². The van der Waals surface area contributed by atoms with Crippen LogP contribution in [0.25, 0.3) is 0 Å². The van der Waals surface area contributed by atoms with Gasteiger partial charge in [0, 0.05) is 135 Å². The Balaban J connectivity index is 0.000000170. The van der Waals surface area contributed by atoms with Crippen LogP contribution in [-0.2, 0) is 43.0 Å². The number of esters is 3. The second-order valence-electron chi connectivity index (χ2n) is 28.1. The van der Waals surface area contributed by atoms with Gasteiger partial charge in [0.15, 0.2) is 32.5 Å². The van der Waals surface area contributed by atoms with Gasteiger partial charge in [0.1, 0.15) is 35.6 Å². The van der Waals surface area contributed by atoms with Gasteiger partial charge in [0.2, 0.25) is 0 Å². The van der Waals surface area contributed by atoms with Crippen molar-refractivity contribution in [3.63, 3.8) is 0 Å².